The molecule has 8 heteroatoms. The number of aliphatic hydroxyl groups excluding tert-OH is 1. The second kappa shape index (κ2) is 6.98. The fourth-order valence-electron chi connectivity index (χ4n) is 0.954. The Balaban J connectivity index is 0.000000366. The molecule has 1 aromatic carbocycles. The van der Waals surface area contributed by atoms with Gasteiger partial charge in [0.1, 0.15) is 0 Å². The van der Waals surface area contributed by atoms with E-state index in [0.29, 0.717) is 0 Å². The molecule has 0 aromatic heterocycles. The molecule has 0 saturated heterocycles. The Bertz CT molecular complexity index is 321. The Hall–Kier alpha value is 1.02. The number of hydrogen-bond donors (Lipinski definition) is 2. The number of aliphatic hydroxyl groups is 1. The molecule has 0 bridgehead atoms. The van der Waals surface area contributed by atoms with E-state index in [0.717, 1.165) is 5.56 Å². The van der Waals surface area contributed by atoms with Gasteiger partial charge in [0.2, 0.25) is 0 Å². The van der Waals surface area contributed by atoms with Gasteiger partial charge in [-0.3, -0.25) is 0 Å². The van der Waals surface area contributed by atoms with Gasteiger partial charge in [0.05, 0.1) is 6.10 Å². The van der Waals surface area contributed by atoms with E-state index in [2.05, 4.69) is 0 Å². The van der Waals surface area contributed by atoms with Gasteiger partial charge in [0.25, 0.3) is 0 Å². The number of rotatable bonds is 2. The van der Waals surface area contributed by atoms with E-state index in [9.17, 15) is 5.11 Å². The van der Waals surface area contributed by atoms with E-state index >= 15 is 0 Å². The van der Waals surface area contributed by atoms with Crippen molar-refractivity contribution in [3.05, 3.63) is 35.9 Å². The molecule has 2 unspecified atom stereocenters. The van der Waals surface area contributed by atoms with Crippen LogP contribution >= 0.6 is 59.6 Å². The van der Waals surface area contributed by atoms with Crippen LogP contribution in [-0.2, 0) is 0 Å². The zero-order valence-corrected chi connectivity index (χ0v) is 13.6. The molecule has 1 aromatic rings. The van der Waals surface area contributed by atoms with Crippen molar-refractivity contribution in [2.24, 2.45) is 5.73 Å². The van der Waals surface area contributed by atoms with Crippen LogP contribution in [0.15, 0.2) is 30.3 Å². The van der Waals surface area contributed by atoms with Crippen molar-refractivity contribution in [1.29, 1.82) is 0 Å². The molecule has 0 fully saturated rings. The van der Waals surface area contributed by atoms with Crippen LogP contribution in [-0.4, -0.2) is 11.1 Å². The van der Waals surface area contributed by atoms with Crippen molar-refractivity contribution in [2.45, 2.75) is 19.1 Å². The van der Waals surface area contributed by atoms with Crippen LogP contribution in [0.25, 0.3) is 0 Å². The maximum atomic E-state index is 9.47. The molecule has 3 N–H and O–H groups in total. The van der Waals surface area contributed by atoms with Gasteiger partial charge in [-0.15, -0.1) is 0 Å². The van der Waals surface area contributed by atoms with Gasteiger partial charge in [0.15, 0.2) is 0 Å². The summed E-state index contributed by atoms with van der Waals surface area (Å²) in [6.45, 7) is 1.79. The van der Waals surface area contributed by atoms with Crippen LogP contribution in [0.4, 0.5) is 0 Å². The zero-order chi connectivity index (χ0) is 13.7. The first-order valence-electron chi connectivity index (χ1n) is 4.55. The molecule has 0 radical (unpaired) electrons. The molecule has 1 rings (SSSR count). The summed E-state index contributed by atoms with van der Waals surface area (Å²) in [6, 6.07) is 9.22. The zero-order valence-electron chi connectivity index (χ0n) is 8.90. The van der Waals surface area contributed by atoms with Crippen molar-refractivity contribution in [3.8, 4) is 0 Å². The molecule has 2 nitrogen and oxygen atoms in total. The van der Waals surface area contributed by atoms with Crippen LogP contribution in [0.1, 0.15) is 18.6 Å². The SMILES string of the molecule is CC(N)C(O)c1ccccc1.ClP(Cl)(Cl)(Cl)Cl. The number of benzene rings is 1. The molecule has 0 aliphatic heterocycles. The number of halogens is 5. The molecular weight excluding hydrogens is 346 g/mol. The standard InChI is InChI=1S/C9H13NO.Cl5P/c1-7(10)9(11)8-5-3-2-4-6-8;1-6(2,3,4)5/h2-7,9,11H,10H2,1H3;. The summed E-state index contributed by atoms with van der Waals surface area (Å²) in [7, 11) is 0. The second-order valence-corrected chi connectivity index (χ2v) is 20.0. The fraction of sp³-hybridized carbons (Fsp3) is 0.333. The van der Waals surface area contributed by atoms with Crippen molar-refractivity contribution in [3.63, 3.8) is 0 Å². The first-order valence-corrected chi connectivity index (χ1v) is 11.3. The third kappa shape index (κ3) is 13.3. The van der Waals surface area contributed by atoms with Gasteiger partial charge < -0.3 is 10.8 Å². The molecule has 0 saturated carbocycles. The Kier molecular flexibility index (Phi) is 7.40. The number of hydrogen-bond acceptors (Lipinski definition) is 2. The van der Waals surface area contributed by atoms with Crippen molar-refractivity contribution in [2.75, 3.05) is 0 Å². The summed E-state index contributed by atoms with van der Waals surface area (Å²) in [6.07, 6.45) is -0.545. The molecule has 0 spiro atoms. The average Bonchev–Trinajstić information content (AvgIpc) is 2.14. The van der Waals surface area contributed by atoms with Gasteiger partial charge in [-0.05, 0) is 12.5 Å². The van der Waals surface area contributed by atoms with Crippen LogP contribution < -0.4 is 5.73 Å². The van der Waals surface area contributed by atoms with Gasteiger partial charge in [-0.25, -0.2) is 0 Å². The fourth-order valence-corrected chi connectivity index (χ4v) is 0.954. The first-order chi connectivity index (χ1) is 7.45. The first kappa shape index (κ1) is 18.0. The molecule has 0 amide bonds. The third-order valence-electron chi connectivity index (χ3n) is 1.64. The van der Waals surface area contributed by atoms with Crippen LogP contribution in [0.2, 0.25) is 0 Å². The normalized spacial score (nSPS) is 17.1. The minimum absolute atomic E-state index is 0.211. The van der Waals surface area contributed by atoms with E-state index in [1.54, 1.807) is 6.92 Å². The van der Waals surface area contributed by atoms with Gasteiger partial charge in [0, 0.05) is 6.04 Å². The molecule has 0 heterocycles. The van der Waals surface area contributed by atoms with Crippen molar-refractivity contribution >= 4 is 59.6 Å². The van der Waals surface area contributed by atoms with E-state index in [1.807, 2.05) is 30.3 Å². The van der Waals surface area contributed by atoms with E-state index in [-0.39, 0.29) is 6.04 Å². The Labute approximate surface area is 125 Å². The minimum atomic E-state index is -3.69. The van der Waals surface area contributed by atoms with E-state index in [1.165, 1.54) is 0 Å². The molecule has 17 heavy (non-hydrogen) atoms. The van der Waals surface area contributed by atoms with Crippen LogP contribution in [0, 0.1) is 0 Å². The molecule has 100 valence electrons. The Morgan fingerprint density at radius 1 is 1.06 bits per heavy atom. The summed E-state index contributed by atoms with van der Waals surface area (Å²) < 4.78 is -3.69. The van der Waals surface area contributed by atoms with Crippen LogP contribution in [0.3, 0.4) is 0 Å². The summed E-state index contributed by atoms with van der Waals surface area (Å²) in [5.41, 5.74) is 6.40. The topological polar surface area (TPSA) is 46.2 Å². The average molecular weight is 359 g/mol. The predicted molar refractivity (Wildman–Crippen MR) is 81.2 cm³/mol. The summed E-state index contributed by atoms with van der Waals surface area (Å²) in [4.78, 5) is 0. The van der Waals surface area contributed by atoms with E-state index in [4.69, 9.17) is 61.9 Å². The third-order valence-corrected chi connectivity index (χ3v) is 1.64. The molecular formula is C9H13Cl5NOP. The Morgan fingerprint density at radius 3 is 1.71 bits per heavy atom. The van der Waals surface area contributed by atoms with Gasteiger partial charge >= 0.3 is 59.6 Å². The van der Waals surface area contributed by atoms with Crippen molar-refractivity contribution in [1.82, 2.24) is 0 Å². The molecule has 0 aliphatic carbocycles. The summed E-state index contributed by atoms with van der Waals surface area (Å²) in [5, 5.41) is 9.47. The summed E-state index contributed by atoms with van der Waals surface area (Å²) in [5.74, 6) is 0. The number of nitrogens with two attached hydrogens (primary N) is 1. The molecule has 0 aliphatic rings. The Morgan fingerprint density at radius 2 is 1.41 bits per heavy atom. The van der Waals surface area contributed by atoms with Crippen molar-refractivity contribution < 1.29 is 5.11 Å². The van der Waals surface area contributed by atoms with Gasteiger partial charge in [-0.2, -0.15) is 0 Å². The quantitative estimate of drug-likeness (QED) is 0.697. The molecule has 2 atom stereocenters. The second-order valence-electron chi connectivity index (χ2n) is 3.35. The van der Waals surface area contributed by atoms with Crippen LogP contribution in [0.5, 0.6) is 0 Å². The maximum absolute atomic E-state index is 9.47. The predicted octanol–water partition coefficient (Wildman–Crippen LogP) is 5.38. The summed E-state index contributed by atoms with van der Waals surface area (Å²) >= 11 is 24.9. The van der Waals surface area contributed by atoms with Gasteiger partial charge in [-0.1, -0.05) is 30.3 Å². The van der Waals surface area contributed by atoms with E-state index < -0.39 is 9.47 Å². The monoisotopic (exact) mass is 357 g/mol.